The zero-order chi connectivity index (χ0) is 19.4. The topological polar surface area (TPSA) is 66.5 Å². The first-order valence-electron chi connectivity index (χ1n) is 8.67. The first-order valence-corrected chi connectivity index (χ1v) is 10.5. The quantitative estimate of drug-likeness (QED) is 0.796. The van der Waals surface area contributed by atoms with Crippen LogP contribution in [-0.2, 0) is 21.2 Å². The SMILES string of the molecule is O=C(NCCc1cccc(Cl)c1)[C@H]1CCCN1S(=O)(=O)c1ccc(F)cc1. The molecule has 0 radical (unpaired) electrons. The summed E-state index contributed by atoms with van der Waals surface area (Å²) in [5, 5.41) is 3.44. The molecule has 1 aliphatic heterocycles. The van der Waals surface area contributed by atoms with Gasteiger partial charge in [0.2, 0.25) is 15.9 Å². The fraction of sp³-hybridized carbons (Fsp3) is 0.316. The summed E-state index contributed by atoms with van der Waals surface area (Å²) in [7, 11) is -3.84. The number of carbonyl (C=O) groups excluding carboxylic acids is 1. The van der Waals surface area contributed by atoms with E-state index in [4.69, 9.17) is 11.6 Å². The number of nitrogens with zero attached hydrogens (tertiary/aromatic N) is 1. The van der Waals surface area contributed by atoms with Gasteiger partial charge in [-0.2, -0.15) is 4.31 Å². The smallest absolute Gasteiger partial charge is 0.243 e. The minimum absolute atomic E-state index is 0.0115. The van der Waals surface area contributed by atoms with Crippen molar-refractivity contribution in [3.63, 3.8) is 0 Å². The average Bonchev–Trinajstić information content (AvgIpc) is 3.13. The van der Waals surface area contributed by atoms with Crippen LogP contribution < -0.4 is 5.32 Å². The maximum atomic E-state index is 13.1. The lowest BCUT2D eigenvalue weighted by Crippen LogP contribution is -2.46. The summed E-state index contributed by atoms with van der Waals surface area (Å²) >= 11 is 5.94. The predicted molar refractivity (Wildman–Crippen MR) is 101 cm³/mol. The maximum Gasteiger partial charge on any atom is 0.243 e. The molecule has 5 nitrogen and oxygen atoms in total. The second-order valence-corrected chi connectivity index (χ2v) is 8.73. The van der Waals surface area contributed by atoms with Gasteiger partial charge in [0, 0.05) is 18.1 Å². The Morgan fingerprint density at radius 1 is 1.22 bits per heavy atom. The molecule has 1 N–H and O–H groups in total. The molecule has 1 saturated heterocycles. The van der Waals surface area contributed by atoms with Crippen LogP contribution in [-0.4, -0.2) is 37.8 Å². The van der Waals surface area contributed by atoms with Gasteiger partial charge in [0.15, 0.2) is 0 Å². The molecule has 1 aliphatic rings. The van der Waals surface area contributed by atoms with Gasteiger partial charge in [-0.15, -0.1) is 0 Å². The molecule has 2 aromatic carbocycles. The molecule has 0 aliphatic carbocycles. The molecule has 3 rings (SSSR count). The van der Waals surface area contributed by atoms with Crippen LogP contribution in [0, 0.1) is 5.82 Å². The third kappa shape index (κ3) is 4.66. The Balaban J connectivity index is 1.64. The van der Waals surface area contributed by atoms with Gasteiger partial charge in [0.1, 0.15) is 11.9 Å². The molecule has 27 heavy (non-hydrogen) atoms. The minimum atomic E-state index is -3.84. The Bertz CT molecular complexity index is 919. The summed E-state index contributed by atoms with van der Waals surface area (Å²) < 4.78 is 39.9. The summed E-state index contributed by atoms with van der Waals surface area (Å²) in [6.45, 7) is 0.659. The number of hydrogen-bond donors (Lipinski definition) is 1. The highest BCUT2D eigenvalue weighted by molar-refractivity contribution is 7.89. The fourth-order valence-corrected chi connectivity index (χ4v) is 5.04. The Morgan fingerprint density at radius 3 is 2.67 bits per heavy atom. The largest absolute Gasteiger partial charge is 0.354 e. The van der Waals surface area contributed by atoms with Crippen molar-refractivity contribution < 1.29 is 17.6 Å². The Kier molecular flexibility index (Phi) is 6.14. The molecule has 8 heteroatoms. The molecule has 1 heterocycles. The van der Waals surface area contributed by atoms with Crippen LogP contribution in [0.1, 0.15) is 18.4 Å². The van der Waals surface area contributed by atoms with E-state index in [2.05, 4.69) is 5.32 Å². The van der Waals surface area contributed by atoms with Crippen molar-refractivity contribution in [3.05, 3.63) is 64.9 Å². The summed E-state index contributed by atoms with van der Waals surface area (Å²) in [6, 6.07) is 11.3. The molecule has 0 spiro atoms. The first kappa shape index (κ1) is 19.8. The van der Waals surface area contributed by atoms with Gasteiger partial charge in [0.25, 0.3) is 0 Å². The predicted octanol–water partition coefficient (Wildman–Crippen LogP) is 2.99. The summed E-state index contributed by atoms with van der Waals surface area (Å²) in [5.41, 5.74) is 0.991. The monoisotopic (exact) mass is 410 g/mol. The van der Waals surface area contributed by atoms with Crippen molar-refractivity contribution in [2.45, 2.75) is 30.2 Å². The summed E-state index contributed by atoms with van der Waals surface area (Å²) in [6.07, 6.45) is 1.67. The van der Waals surface area contributed by atoms with Gasteiger partial charge in [-0.05, 0) is 61.2 Å². The number of carbonyl (C=O) groups is 1. The molecule has 0 aromatic heterocycles. The third-order valence-electron chi connectivity index (χ3n) is 4.53. The molecule has 0 saturated carbocycles. The van der Waals surface area contributed by atoms with E-state index in [0.717, 1.165) is 17.7 Å². The zero-order valence-corrected chi connectivity index (χ0v) is 16.1. The molecule has 1 amide bonds. The van der Waals surface area contributed by atoms with E-state index in [1.807, 2.05) is 18.2 Å². The molecule has 1 fully saturated rings. The lowest BCUT2D eigenvalue weighted by Gasteiger charge is -2.23. The van der Waals surface area contributed by atoms with Gasteiger partial charge in [-0.3, -0.25) is 4.79 Å². The Morgan fingerprint density at radius 2 is 1.96 bits per heavy atom. The van der Waals surface area contributed by atoms with Crippen LogP contribution in [0.2, 0.25) is 5.02 Å². The van der Waals surface area contributed by atoms with Crippen LogP contribution in [0.3, 0.4) is 0 Å². The standard InChI is InChI=1S/C19H20ClFN2O3S/c20-15-4-1-3-14(13-15)10-11-22-19(24)18-5-2-12-23(18)27(25,26)17-8-6-16(21)7-9-17/h1,3-4,6-9,13,18H,2,5,10-12H2,(H,22,24)/t18-/m1/s1. The van der Waals surface area contributed by atoms with Gasteiger partial charge < -0.3 is 5.32 Å². The Hall–Kier alpha value is -1.96. The number of halogens is 2. The van der Waals surface area contributed by atoms with E-state index in [-0.39, 0.29) is 17.3 Å². The van der Waals surface area contributed by atoms with E-state index in [1.165, 1.54) is 16.4 Å². The van der Waals surface area contributed by atoms with Crippen LogP contribution in [0.5, 0.6) is 0 Å². The fourth-order valence-electron chi connectivity index (χ4n) is 3.17. The number of nitrogens with one attached hydrogen (secondary N) is 1. The van der Waals surface area contributed by atoms with Gasteiger partial charge in [0.05, 0.1) is 4.90 Å². The summed E-state index contributed by atoms with van der Waals surface area (Å²) in [5.74, 6) is -0.828. The third-order valence-corrected chi connectivity index (χ3v) is 6.69. The second-order valence-electron chi connectivity index (χ2n) is 6.40. The van der Waals surface area contributed by atoms with Gasteiger partial charge >= 0.3 is 0 Å². The highest BCUT2D eigenvalue weighted by Gasteiger charge is 2.39. The van der Waals surface area contributed by atoms with Crippen molar-refractivity contribution in [1.29, 1.82) is 0 Å². The highest BCUT2D eigenvalue weighted by atomic mass is 35.5. The first-order chi connectivity index (χ1) is 12.9. The zero-order valence-electron chi connectivity index (χ0n) is 14.6. The Labute approximate surface area is 163 Å². The van der Waals surface area contributed by atoms with Crippen LogP contribution in [0.25, 0.3) is 0 Å². The van der Waals surface area contributed by atoms with Crippen molar-refractivity contribution >= 4 is 27.5 Å². The number of rotatable bonds is 6. The van der Waals surface area contributed by atoms with Crippen LogP contribution in [0.15, 0.2) is 53.4 Å². The molecule has 2 aromatic rings. The number of sulfonamides is 1. The van der Waals surface area contributed by atoms with Crippen LogP contribution >= 0.6 is 11.6 Å². The van der Waals surface area contributed by atoms with Crippen molar-refractivity contribution in [2.75, 3.05) is 13.1 Å². The molecule has 0 unspecified atom stereocenters. The number of benzene rings is 2. The van der Waals surface area contributed by atoms with Crippen molar-refractivity contribution in [2.24, 2.45) is 0 Å². The van der Waals surface area contributed by atoms with E-state index < -0.39 is 21.9 Å². The lowest BCUT2D eigenvalue weighted by molar-refractivity contribution is -0.124. The normalized spacial score (nSPS) is 17.8. The van der Waals surface area contributed by atoms with E-state index in [9.17, 15) is 17.6 Å². The maximum absolute atomic E-state index is 13.1. The van der Waals surface area contributed by atoms with E-state index in [1.54, 1.807) is 6.07 Å². The van der Waals surface area contributed by atoms with Gasteiger partial charge in [-0.25, -0.2) is 12.8 Å². The number of amides is 1. The van der Waals surface area contributed by atoms with Crippen molar-refractivity contribution in [3.8, 4) is 0 Å². The summed E-state index contributed by atoms with van der Waals surface area (Å²) in [4.78, 5) is 12.5. The molecular formula is C19H20ClFN2O3S. The molecule has 144 valence electrons. The molecular weight excluding hydrogens is 391 g/mol. The average molecular weight is 411 g/mol. The molecule has 1 atom stereocenters. The van der Waals surface area contributed by atoms with Crippen molar-refractivity contribution in [1.82, 2.24) is 9.62 Å². The molecule has 0 bridgehead atoms. The van der Waals surface area contributed by atoms with Crippen LogP contribution in [0.4, 0.5) is 4.39 Å². The lowest BCUT2D eigenvalue weighted by atomic mass is 10.1. The second kappa shape index (κ2) is 8.37. The van der Waals surface area contributed by atoms with Gasteiger partial charge in [-0.1, -0.05) is 23.7 Å². The number of hydrogen-bond acceptors (Lipinski definition) is 3. The highest BCUT2D eigenvalue weighted by Crippen LogP contribution is 2.26. The van der Waals surface area contributed by atoms with E-state index in [0.29, 0.717) is 30.8 Å². The van der Waals surface area contributed by atoms with E-state index >= 15 is 0 Å². The minimum Gasteiger partial charge on any atom is -0.354 e.